The van der Waals surface area contributed by atoms with Gasteiger partial charge >= 0.3 is 0 Å². The molecule has 1 aliphatic carbocycles. The van der Waals surface area contributed by atoms with Gasteiger partial charge in [0, 0.05) is 39.5 Å². The van der Waals surface area contributed by atoms with Crippen LogP contribution in [0.3, 0.4) is 0 Å². The molecule has 0 radical (unpaired) electrons. The van der Waals surface area contributed by atoms with Crippen molar-refractivity contribution in [2.75, 3.05) is 32.9 Å². The van der Waals surface area contributed by atoms with Crippen molar-refractivity contribution < 1.29 is 49.0 Å². The van der Waals surface area contributed by atoms with Gasteiger partial charge in [-0.1, -0.05) is 26.7 Å². The molecule has 1 saturated carbocycles. The standard InChI is InChI=1S/C34H61N3O10/c1-22(2)24-12-14-27(15-13-24)46-21-25-18-26(40)19-37(25)30(42)11-7-4-8-16-35-29(41)10-6-5-9-17-45-34-31(36-23(3)39)33(44)32(43)28(20-38)47-34/h22,24-28,31-34,38,40,43-44H,4-21H2,1-3H3,(H,35,41)(H,36,39)/t24?,25-,26+,27?,28?,31?,32?,33?,34?/m0/s1. The van der Waals surface area contributed by atoms with Gasteiger partial charge in [0.2, 0.25) is 17.7 Å². The molecule has 3 aliphatic rings. The predicted molar refractivity (Wildman–Crippen MR) is 174 cm³/mol. The quantitative estimate of drug-likeness (QED) is 0.110. The van der Waals surface area contributed by atoms with Crippen LogP contribution in [0.4, 0.5) is 0 Å². The second-order valence-electron chi connectivity index (χ2n) is 14.0. The number of aliphatic hydroxyl groups is 4. The Bertz CT molecular complexity index is 947. The fourth-order valence-electron chi connectivity index (χ4n) is 6.94. The number of unbranched alkanes of at least 4 members (excludes halogenated alkanes) is 4. The summed E-state index contributed by atoms with van der Waals surface area (Å²) in [7, 11) is 0. The van der Waals surface area contributed by atoms with Gasteiger partial charge in [-0.2, -0.15) is 0 Å². The number of nitrogens with zero attached hydrogens (tertiary/aromatic N) is 1. The third-order valence-corrected chi connectivity index (χ3v) is 9.87. The van der Waals surface area contributed by atoms with E-state index in [-0.39, 0.29) is 30.6 Å². The van der Waals surface area contributed by atoms with Crippen molar-refractivity contribution in [3.8, 4) is 0 Å². The zero-order chi connectivity index (χ0) is 34.3. The molecule has 0 aromatic heterocycles. The van der Waals surface area contributed by atoms with Gasteiger partial charge in [-0.05, 0) is 69.6 Å². The van der Waals surface area contributed by atoms with Crippen LogP contribution >= 0.6 is 0 Å². The molecule has 0 spiro atoms. The largest absolute Gasteiger partial charge is 0.394 e. The van der Waals surface area contributed by atoms with Crippen LogP contribution in [0.1, 0.15) is 104 Å². The molecular weight excluding hydrogens is 610 g/mol. The molecule has 3 rings (SSSR count). The Labute approximate surface area is 280 Å². The number of hydrogen-bond donors (Lipinski definition) is 6. The maximum absolute atomic E-state index is 12.9. The van der Waals surface area contributed by atoms with Gasteiger partial charge in [-0.25, -0.2) is 0 Å². The number of aliphatic hydroxyl groups excluding tert-OH is 4. The highest BCUT2D eigenvalue weighted by atomic mass is 16.7. The Balaban J connectivity index is 1.21. The van der Waals surface area contributed by atoms with Crippen molar-refractivity contribution in [2.45, 2.75) is 153 Å². The Morgan fingerprint density at radius 1 is 0.915 bits per heavy atom. The lowest BCUT2D eigenvalue weighted by Crippen LogP contribution is -2.64. The third-order valence-electron chi connectivity index (χ3n) is 9.87. The third kappa shape index (κ3) is 13.2. The van der Waals surface area contributed by atoms with Crippen LogP contribution in [0.5, 0.6) is 0 Å². The molecule has 6 N–H and O–H groups in total. The molecule has 13 heteroatoms. The van der Waals surface area contributed by atoms with E-state index in [4.69, 9.17) is 14.2 Å². The summed E-state index contributed by atoms with van der Waals surface area (Å²) in [5, 5.41) is 45.5. The van der Waals surface area contributed by atoms with Gasteiger partial charge in [-0.15, -0.1) is 0 Å². The molecule has 272 valence electrons. The average molecular weight is 672 g/mol. The van der Waals surface area contributed by atoms with E-state index in [1.165, 1.54) is 19.8 Å². The lowest BCUT2D eigenvalue weighted by atomic mass is 9.80. The van der Waals surface area contributed by atoms with Crippen molar-refractivity contribution in [3.63, 3.8) is 0 Å². The molecule has 7 atom stereocenters. The van der Waals surface area contributed by atoms with Gasteiger partial charge < -0.3 is 50.2 Å². The van der Waals surface area contributed by atoms with Gasteiger partial charge in [0.15, 0.2) is 6.29 Å². The summed E-state index contributed by atoms with van der Waals surface area (Å²) in [6.07, 6.45) is 5.27. The molecule has 13 nitrogen and oxygen atoms in total. The molecule has 2 heterocycles. The van der Waals surface area contributed by atoms with E-state index < -0.39 is 49.3 Å². The van der Waals surface area contributed by atoms with Crippen LogP contribution in [0, 0.1) is 11.8 Å². The van der Waals surface area contributed by atoms with Crippen molar-refractivity contribution in [1.82, 2.24) is 15.5 Å². The second-order valence-corrected chi connectivity index (χ2v) is 14.0. The molecule has 0 aromatic rings. The topological polar surface area (TPSA) is 187 Å². The van der Waals surface area contributed by atoms with Crippen LogP contribution < -0.4 is 10.6 Å². The summed E-state index contributed by atoms with van der Waals surface area (Å²) >= 11 is 0. The van der Waals surface area contributed by atoms with E-state index >= 15 is 0 Å². The summed E-state index contributed by atoms with van der Waals surface area (Å²) in [4.78, 5) is 38.5. The van der Waals surface area contributed by atoms with Crippen LogP contribution in [-0.2, 0) is 28.6 Å². The number of rotatable bonds is 19. The fourth-order valence-corrected chi connectivity index (χ4v) is 6.94. The first-order valence-electron chi connectivity index (χ1n) is 17.9. The Hall–Kier alpha value is -1.87. The Morgan fingerprint density at radius 2 is 1.62 bits per heavy atom. The number of likely N-dealkylation sites (tertiary alicyclic amines) is 1. The number of carbonyl (C=O) groups is 3. The summed E-state index contributed by atoms with van der Waals surface area (Å²) in [5.74, 6) is 1.11. The van der Waals surface area contributed by atoms with E-state index in [2.05, 4.69) is 24.5 Å². The van der Waals surface area contributed by atoms with Gasteiger partial charge in [-0.3, -0.25) is 14.4 Å². The maximum atomic E-state index is 12.9. The van der Waals surface area contributed by atoms with E-state index in [0.717, 1.165) is 44.4 Å². The molecule has 0 aromatic carbocycles. The highest BCUT2D eigenvalue weighted by Gasteiger charge is 2.45. The van der Waals surface area contributed by atoms with Crippen molar-refractivity contribution in [3.05, 3.63) is 0 Å². The molecule has 5 unspecified atom stereocenters. The van der Waals surface area contributed by atoms with Crippen LogP contribution in [-0.4, -0.2) is 125 Å². The van der Waals surface area contributed by atoms with E-state index in [1.807, 2.05) is 0 Å². The van der Waals surface area contributed by atoms with Crippen molar-refractivity contribution >= 4 is 17.7 Å². The first-order chi connectivity index (χ1) is 22.5. The zero-order valence-electron chi connectivity index (χ0n) is 28.7. The smallest absolute Gasteiger partial charge is 0.222 e. The number of ether oxygens (including phenoxy) is 3. The Kier molecular flexibility index (Phi) is 17.3. The first-order valence-corrected chi connectivity index (χ1v) is 17.9. The lowest BCUT2D eigenvalue weighted by molar-refractivity contribution is -0.270. The Morgan fingerprint density at radius 3 is 2.30 bits per heavy atom. The summed E-state index contributed by atoms with van der Waals surface area (Å²) < 4.78 is 17.4. The van der Waals surface area contributed by atoms with Crippen LogP contribution in [0.2, 0.25) is 0 Å². The normalized spacial score (nSPS) is 31.2. The summed E-state index contributed by atoms with van der Waals surface area (Å²) in [5.41, 5.74) is 0. The van der Waals surface area contributed by atoms with Crippen molar-refractivity contribution in [2.24, 2.45) is 11.8 Å². The maximum Gasteiger partial charge on any atom is 0.222 e. The predicted octanol–water partition coefficient (Wildman–Crippen LogP) is 1.38. The SMILES string of the molecule is CC(=O)NC1C(OCCCCCC(=O)NCCCCCC(=O)N2C[C@H](O)C[C@H]2COC2CCC(C(C)C)CC2)OC(CO)C(O)C1O. The number of hydrogen-bond acceptors (Lipinski definition) is 10. The minimum absolute atomic E-state index is 0.0298. The second kappa shape index (κ2) is 20.6. The van der Waals surface area contributed by atoms with E-state index in [0.29, 0.717) is 57.7 Å². The molecule has 3 amide bonds. The minimum Gasteiger partial charge on any atom is -0.394 e. The average Bonchev–Trinajstić information content (AvgIpc) is 3.42. The monoisotopic (exact) mass is 671 g/mol. The van der Waals surface area contributed by atoms with Crippen LogP contribution in [0.25, 0.3) is 0 Å². The van der Waals surface area contributed by atoms with Gasteiger partial charge in [0.05, 0.1) is 31.5 Å². The molecule has 2 aliphatic heterocycles. The number of nitrogens with one attached hydrogen (secondary N) is 2. The van der Waals surface area contributed by atoms with Crippen molar-refractivity contribution in [1.29, 1.82) is 0 Å². The zero-order valence-corrected chi connectivity index (χ0v) is 28.7. The molecule has 3 fully saturated rings. The number of β-amino-alcohol motifs (C(OH)–C–C–N with tert-alkyl or cyclic N) is 1. The molecule has 47 heavy (non-hydrogen) atoms. The minimum atomic E-state index is -1.36. The molecule has 0 bridgehead atoms. The lowest BCUT2D eigenvalue weighted by Gasteiger charge is -2.42. The summed E-state index contributed by atoms with van der Waals surface area (Å²) in [6, 6.07) is -1.03. The number of carbonyl (C=O) groups excluding carboxylic acids is 3. The van der Waals surface area contributed by atoms with Gasteiger partial charge in [0.25, 0.3) is 0 Å². The first kappa shape index (κ1) is 39.6. The highest BCUT2D eigenvalue weighted by molar-refractivity contribution is 5.77. The van der Waals surface area contributed by atoms with E-state index in [9.17, 15) is 34.8 Å². The number of amides is 3. The molecular formula is C34H61N3O10. The van der Waals surface area contributed by atoms with E-state index in [1.54, 1.807) is 4.90 Å². The molecule has 2 saturated heterocycles. The fraction of sp³-hybridized carbons (Fsp3) is 0.912. The van der Waals surface area contributed by atoms with Gasteiger partial charge in [0.1, 0.15) is 24.4 Å². The van der Waals surface area contributed by atoms with Crippen LogP contribution in [0.15, 0.2) is 0 Å². The highest BCUT2D eigenvalue weighted by Crippen LogP contribution is 2.32. The summed E-state index contributed by atoms with van der Waals surface area (Å²) in [6.45, 7) is 7.03.